The second-order valence-electron chi connectivity index (χ2n) is 3.67. The Morgan fingerprint density at radius 3 is 3.00 bits per heavy atom. The molecule has 0 saturated carbocycles. The summed E-state index contributed by atoms with van der Waals surface area (Å²) in [4.78, 5) is 0. The molecule has 1 aliphatic heterocycles. The molecular formula is C11H14ClN. The lowest BCUT2D eigenvalue weighted by atomic mass is 9.97. The Kier molecular flexibility index (Phi) is 2.56. The molecule has 0 bridgehead atoms. The molecule has 1 unspecified atom stereocenters. The molecule has 70 valence electrons. The lowest BCUT2D eigenvalue weighted by Crippen LogP contribution is -2.08. The van der Waals surface area contributed by atoms with Crippen molar-refractivity contribution in [3.05, 3.63) is 34.3 Å². The summed E-state index contributed by atoms with van der Waals surface area (Å²) in [7, 11) is 0. The molecule has 1 aromatic rings. The highest BCUT2D eigenvalue weighted by Gasteiger charge is 2.19. The number of aryl methyl sites for hydroxylation is 1. The number of halogens is 1. The minimum absolute atomic E-state index is 0.618. The predicted octanol–water partition coefficient (Wildman–Crippen LogP) is 2.73. The molecule has 2 heteroatoms. The van der Waals surface area contributed by atoms with Crippen molar-refractivity contribution in [2.45, 2.75) is 19.3 Å². The van der Waals surface area contributed by atoms with E-state index in [1.807, 2.05) is 0 Å². The van der Waals surface area contributed by atoms with Gasteiger partial charge in [0.05, 0.1) is 0 Å². The predicted molar refractivity (Wildman–Crippen MR) is 56.4 cm³/mol. The standard InChI is InChI=1S/C11H14ClN/c1-8-3-2-4-10(11(8)12)9-5-6-13-7-9/h2-4,9,13H,5-7H2,1H3. The van der Waals surface area contributed by atoms with Crippen molar-refractivity contribution in [2.75, 3.05) is 13.1 Å². The largest absolute Gasteiger partial charge is 0.316 e. The maximum absolute atomic E-state index is 6.25. The van der Waals surface area contributed by atoms with Gasteiger partial charge in [0.15, 0.2) is 0 Å². The van der Waals surface area contributed by atoms with Crippen LogP contribution in [0.25, 0.3) is 0 Å². The summed E-state index contributed by atoms with van der Waals surface area (Å²) in [5.74, 6) is 0.618. The van der Waals surface area contributed by atoms with Crippen molar-refractivity contribution in [1.82, 2.24) is 5.32 Å². The Hall–Kier alpha value is -0.530. The van der Waals surface area contributed by atoms with Gasteiger partial charge in [-0.15, -0.1) is 0 Å². The van der Waals surface area contributed by atoms with E-state index in [4.69, 9.17) is 11.6 Å². The van der Waals surface area contributed by atoms with Crippen molar-refractivity contribution < 1.29 is 0 Å². The van der Waals surface area contributed by atoms with Crippen molar-refractivity contribution in [1.29, 1.82) is 0 Å². The third kappa shape index (κ3) is 1.72. The Bertz CT molecular complexity index is 303. The molecule has 1 aliphatic rings. The summed E-state index contributed by atoms with van der Waals surface area (Å²) in [6, 6.07) is 6.30. The molecule has 0 aromatic heterocycles. The lowest BCUT2D eigenvalue weighted by molar-refractivity contribution is 0.763. The van der Waals surface area contributed by atoms with Gasteiger partial charge in [-0.2, -0.15) is 0 Å². The van der Waals surface area contributed by atoms with Crippen LogP contribution in [0.1, 0.15) is 23.5 Å². The maximum Gasteiger partial charge on any atom is 0.0470 e. The minimum atomic E-state index is 0.618. The number of hydrogen-bond donors (Lipinski definition) is 1. The molecule has 0 aliphatic carbocycles. The first-order valence-electron chi connectivity index (χ1n) is 4.75. The smallest absolute Gasteiger partial charge is 0.0470 e. The summed E-state index contributed by atoms with van der Waals surface area (Å²) in [5.41, 5.74) is 2.50. The molecule has 0 amide bonds. The third-order valence-corrected chi connectivity index (χ3v) is 3.24. The average Bonchev–Trinajstić information content (AvgIpc) is 2.62. The number of nitrogens with one attached hydrogen (secondary N) is 1. The van der Waals surface area contributed by atoms with Gasteiger partial charge in [-0.1, -0.05) is 29.8 Å². The van der Waals surface area contributed by atoms with E-state index in [1.54, 1.807) is 0 Å². The van der Waals surface area contributed by atoms with Gasteiger partial charge in [-0.3, -0.25) is 0 Å². The SMILES string of the molecule is Cc1cccc(C2CCNC2)c1Cl. The molecule has 0 spiro atoms. The van der Waals surface area contributed by atoms with Gasteiger partial charge in [0.1, 0.15) is 0 Å². The Morgan fingerprint density at radius 2 is 2.31 bits per heavy atom. The highest BCUT2D eigenvalue weighted by molar-refractivity contribution is 6.32. The van der Waals surface area contributed by atoms with Gasteiger partial charge in [0.2, 0.25) is 0 Å². The highest BCUT2D eigenvalue weighted by atomic mass is 35.5. The molecule has 1 N–H and O–H groups in total. The van der Waals surface area contributed by atoms with Crippen LogP contribution >= 0.6 is 11.6 Å². The van der Waals surface area contributed by atoms with E-state index < -0.39 is 0 Å². The van der Waals surface area contributed by atoms with Crippen LogP contribution in [0, 0.1) is 6.92 Å². The van der Waals surface area contributed by atoms with Crippen LogP contribution < -0.4 is 5.32 Å². The van der Waals surface area contributed by atoms with Gasteiger partial charge in [-0.25, -0.2) is 0 Å². The van der Waals surface area contributed by atoms with Gasteiger partial charge < -0.3 is 5.32 Å². The Balaban J connectivity index is 2.33. The summed E-state index contributed by atoms with van der Waals surface area (Å²) >= 11 is 6.25. The summed E-state index contributed by atoms with van der Waals surface area (Å²) in [6.07, 6.45) is 1.21. The van der Waals surface area contributed by atoms with Gasteiger partial charge in [0, 0.05) is 11.6 Å². The molecule has 1 atom stereocenters. The van der Waals surface area contributed by atoms with Crippen LogP contribution in [0.3, 0.4) is 0 Å². The zero-order valence-electron chi connectivity index (χ0n) is 7.81. The van der Waals surface area contributed by atoms with Crippen LogP contribution in [0.5, 0.6) is 0 Å². The second kappa shape index (κ2) is 3.69. The van der Waals surface area contributed by atoms with E-state index in [1.165, 1.54) is 17.5 Å². The molecule has 13 heavy (non-hydrogen) atoms. The fraction of sp³-hybridized carbons (Fsp3) is 0.455. The average molecular weight is 196 g/mol. The first-order valence-corrected chi connectivity index (χ1v) is 5.12. The van der Waals surface area contributed by atoms with Crippen LogP contribution in [-0.2, 0) is 0 Å². The summed E-state index contributed by atoms with van der Waals surface area (Å²) < 4.78 is 0. The maximum atomic E-state index is 6.25. The molecule has 2 rings (SSSR count). The van der Waals surface area contributed by atoms with E-state index >= 15 is 0 Å². The van der Waals surface area contributed by atoms with Crippen molar-refractivity contribution in [3.8, 4) is 0 Å². The van der Waals surface area contributed by atoms with Crippen molar-refractivity contribution in [2.24, 2.45) is 0 Å². The molecule has 1 saturated heterocycles. The van der Waals surface area contributed by atoms with Crippen LogP contribution in [0.2, 0.25) is 5.02 Å². The van der Waals surface area contributed by atoms with E-state index in [0.29, 0.717) is 5.92 Å². The fourth-order valence-corrected chi connectivity index (χ4v) is 2.19. The second-order valence-corrected chi connectivity index (χ2v) is 4.05. The van der Waals surface area contributed by atoms with Gasteiger partial charge >= 0.3 is 0 Å². The monoisotopic (exact) mass is 195 g/mol. The molecule has 1 heterocycles. The van der Waals surface area contributed by atoms with Crippen molar-refractivity contribution >= 4 is 11.6 Å². The van der Waals surface area contributed by atoms with Crippen LogP contribution in [0.4, 0.5) is 0 Å². The molecule has 0 radical (unpaired) electrons. The van der Waals surface area contributed by atoms with Gasteiger partial charge in [0.25, 0.3) is 0 Å². The van der Waals surface area contributed by atoms with E-state index in [0.717, 1.165) is 18.1 Å². The van der Waals surface area contributed by atoms with E-state index in [9.17, 15) is 0 Å². The van der Waals surface area contributed by atoms with E-state index in [2.05, 4.69) is 30.4 Å². The lowest BCUT2D eigenvalue weighted by Gasteiger charge is -2.12. The molecular weight excluding hydrogens is 182 g/mol. The van der Waals surface area contributed by atoms with Crippen LogP contribution in [0.15, 0.2) is 18.2 Å². The van der Waals surface area contributed by atoms with E-state index in [-0.39, 0.29) is 0 Å². The fourth-order valence-electron chi connectivity index (χ4n) is 1.91. The first-order chi connectivity index (χ1) is 6.29. The van der Waals surface area contributed by atoms with Crippen LogP contribution in [-0.4, -0.2) is 13.1 Å². The zero-order valence-corrected chi connectivity index (χ0v) is 8.56. The molecule has 1 fully saturated rings. The quantitative estimate of drug-likeness (QED) is 0.727. The number of hydrogen-bond acceptors (Lipinski definition) is 1. The Morgan fingerprint density at radius 1 is 1.46 bits per heavy atom. The molecule has 1 aromatic carbocycles. The van der Waals surface area contributed by atoms with Crippen molar-refractivity contribution in [3.63, 3.8) is 0 Å². The topological polar surface area (TPSA) is 12.0 Å². The third-order valence-electron chi connectivity index (χ3n) is 2.72. The summed E-state index contributed by atoms with van der Waals surface area (Å²) in [5, 5.41) is 4.31. The zero-order chi connectivity index (χ0) is 9.26. The summed E-state index contributed by atoms with van der Waals surface area (Å²) in [6.45, 7) is 4.26. The Labute approximate surface area is 84.1 Å². The van der Waals surface area contributed by atoms with Gasteiger partial charge in [-0.05, 0) is 36.9 Å². The number of rotatable bonds is 1. The normalized spacial score (nSPS) is 22.2. The molecule has 1 nitrogen and oxygen atoms in total. The number of benzene rings is 1. The first kappa shape index (κ1) is 9.04. The minimum Gasteiger partial charge on any atom is -0.316 e. The highest BCUT2D eigenvalue weighted by Crippen LogP contribution is 2.30.